The van der Waals surface area contributed by atoms with Crippen LogP contribution in [0.15, 0.2) is 48.7 Å². The number of nitrogens with zero attached hydrogens (tertiary/aromatic N) is 2. The van der Waals surface area contributed by atoms with Gasteiger partial charge in [-0.2, -0.15) is 0 Å². The highest BCUT2D eigenvalue weighted by molar-refractivity contribution is 6.13. The summed E-state index contributed by atoms with van der Waals surface area (Å²) in [6, 6.07) is 15.2. The maximum atomic E-state index is 2.34. The molecule has 2 nitrogen and oxygen atoms in total. The van der Waals surface area contributed by atoms with Gasteiger partial charge < -0.3 is 0 Å². The Morgan fingerprint density at radius 1 is 0.750 bits per heavy atom. The fraction of sp³-hybridized carbons (Fsp3) is 0.167. The van der Waals surface area contributed by atoms with Crippen LogP contribution in [-0.4, -0.2) is 4.52 Å². The Kier molecular flexibility index (Phi) is 2.19. The molecule has 2 heteroatoms. The topological polar surface area (TPSA) is 8.29 Å². The monoisotopic (exact) mass is 261 g/mol. The van der Waals surface area contributed by atoms with Gasteiger partial charge in [-0.05, 0) is 24.8 Å². The second-order valence-electron chi connectivity index (χ2n) is 5.56. The second-order valence-corrected chi connectivity index (χ2v) is 5.56. The number of rotatable bonds is 0. The molecule has 0 unspecified atom stereocenters. The van der Waals surface area contributed by atoms with E-state index in [1.807, 2.05) is 0 Å². The summed E-state index contributed by atoms with van der Waals surface area (Å²) in [5.41, 5.74) is 5.24. The number of hydrogen-bond acceptors (Lipinski definition) is 0. The van der Waals surface area contributed by atoms with Crippen molar-refractivity contribution in [3.05, 3.63) is 59.8 Å². The number of aromatic nitrogens is 2. The van der Waals surface area contributed by atoms with Crippen molar-refractivity contribution >= 4 is 27.2 Å². The van der Waals surface area contributed by atoms with Gasteiger partial charge in [0.05, 0.1) is 0 Å². The summed E-state index contributed by atoms with van der Waals surface area (Å²) in [5, 5.41) is 3.98. The molecule has 0 aliphatic heterocycles. The van der Waals surface area contributed by atoms with Gasteiger partial charge in [0.2, 0.25) is 0 Å². The Morgan fingerprint density at radius 2 is 1.35 bits per heavy atom. The standard InChI is InChI=1S/C18H17N2/c1-12-7-6-10-16-14-8-4-5-9-15(14)18-13(2)11-19(3)20(18)17(12)16/h4-11H,1-3H3/q+1. The SMILES string of the molecule is Cc1cccc2c3ccccc3c3c(C)c[n+](C)n3c12. The molecule has 0 bridgehead atoms. The fourth-order valence-corrected chi connectivity index (χ4v) is 3.40. The van der Waals surface area contributed by atoms with Crippen molar-refractivity contribution < 1.29 is 4.68 Å². The lowest BCUT2D eigenvalue weighted by Gasteiger charge is -2.09. The third kappa shape index (κ3) is 1.31. The third-order valence-corrected chi connectivity index (χ3v) is 4.20. The van der Waals surface area contributed by atoms with E-state index >= 15 is 0 Å². The number of hydrogen-bond donors (Lipinski definition) is 0. The highest BCUT2D eigenvalue weighted by atomic mass is 15.3. The van der Waals surface area contributed by atoms with Crippen LogP contribution < -0.4 is 4.68 Å². The molecule has 0 aliphatic carbocycles. The first-order chi connectivity index (χ1) is 9.68. The van der Waals surface area contributed by atoms with Gasteiger partial charge in [-0.1, -0.05) is 42.5 Å². The van der Waals surface area contributed by atoms with E-state index in [-0.39, 0.29) is 0 Å². The van der Waals surface area contributed by atoms with E-state index in [0.29, 0.717) is 0 Å². The lowest BCUT2D eigenvalue weighted by molar-refractivity contribution is -0.735. The second kappa shape index (κ2) is 3.83. The smallest absolute Gasteiger partial charge is 0.120 e. The molecule has 20 heavy (non-hydrogen) atoms. The number of pyridine rings is 1. The molecule has 2 aromatic heterocycles. The van der Waals surface area contributed by atoms with Crippen LogP contribution in [0.3, 0.4) is 0 Å². The van der Waals surface area contributed by atoms with Gasteiger partial charge in [-0.15, -0.1) is 9.20 Å². The molecule has 0 radical (unpaired) electrons. The summed E-state index contributed by atoms with van der Waals surface area (Å²) in [4.78, 5) is 0. The van der Waals surface area contributed by atoms with Gasteiger partial charge in [0, 0.05) is 16.3 Å². The number of para-hydroxylation sites is 1. The number of fused-ring (bicyclic) bond motifs is 6. The molecular formula is C18H17N2+. The van der Waals surface area contributed by atoms with Crippen molar-refractivity contribution in [1.82, 2.24) is 4.52 Å². The van der Waals surface area contributed by atoms with E-state index in [0.717, 1.165) is 0 Å². The molecule has 0 fully saturated rings. The highest BCUT2D eigenvalue weighted by Gasteiger charge is 2.18. The summed E-state index contributed by atoms with van der Waals surface area (Å²) in [5.74, 6) is 0. The quantitative estimate of drug-likeness (QED) is 0.337. The molecular weight excluding hydrogens is 244 g/mol. The zero-order chi connectivity index (χ0) is 13.9. The van der Waals surface area contributed by atoms with Crippen LogP contribution in [0, 0.1) is 13.8 Å². The molecule has 2 aromatic carbocycles. The average Bonchev–Trinajstić information content (AvgIpc) is 2.75. The van der Waals surface area contributed by atoms with Crippen molar-refractivity contribution in [1.29, 1.82) is 0 Å². The van der Waals surface area contributed by atoms with Crippen LogP contribution in [0.1, 0.15) is 11.1 Å². The fourth-order valence-electron chi connectivity index (χ4n) is 3.40. The van der Waals surface area contributed by atoms with E-state index in [1.54, 1.807) is 0 Å². The first kappa shape index (κ1) is 11.5. The molecule has 0 saturated carbocycles. The highest BCUT2D eigenvalue weighted by Crippen LogP contribution is 2.31. The van der Waals surface area contributed by atoms with E-state index < -0.39 is 0 Å². The van der Waals surface area contributed by atoms with Crippen molar-refractivity contribution in [3.63, 3.8) is 0 Å². The number of benzene rings is 2. The van der Waals surface area contributed by atoms with Gasteiger partial charge in [-0.3, -0.25) is 0 Å². The lowest BCUT2D eigenvalue weighted by Crippen LogP contribution is -2.34. The summed E-state index contributed by atoms with van der Waals surface area (Å²) < 4.78 is 4.52. The predicted molar refractivity (Wildman–Crippen MR) is 83.1 cm³/mol. The minimum Gasteiger partial charge on any atom is -0.120 e. The van der Waals surface area contributed by atoms with Crippen molar-refractivity contribution in [2.45, 2.75) is 13.8 Å². The van der Waals surface area contributed by atoms with Crippen LogP contribution in [0.2, 0.25) is 0 Å². The van der Waals surface area contributed by atoms with E-state index in [2.05, 4.69) is 78.8 Å². The Morgan fingerprint density at radius 3 is 2.10 bits per heavy atom. The summed E-state index contributed by atoms with van der Waals surface area (Å²) in [6.07, 6.45) is 2.20. The van der Waals surface area contributed by atoms with E-state index in [9.17, 15) is 0 Å². The molecule has 2 heterocycles. The first-order valence-electron chi connectivity index (χ1n) is 6.96. The molecule has 0 N–H and O–H groups in total. The maximum Gasteiger partial charge on any atom is 0.199 e. The van der Waals surface area contributed by atoms with Crippen molar-refractivity contribution in [2.75, 3.05) is 0 Å². The van der Waals surface area contributed by atoms with Crippen LogP contribution >= 0.6 is 0 Å². The Bertz CT molecular complexity index is 977. The zero-order valence-electron chi connectivity index (χ0n) is 12.0. The van der Waals surface area contributed by atoms with Crippen LogP contribution in [-0.2, 0) is 7.05 Å². The molecule has 98 valence electrons. The molecule has 0 atom stereocenters. The molecule has 4 rings (SSSR count). The Balaban J connectivity index is 2.51. The average molecular weight is 261 g/mol. The largest absolute Gasteiger partial charge is 0.199 e. The van der Waals surface area contributed by atoms with Crippen molar-refractivity contribution in [3.8, 4) is 0 Å². The molecule has 0 aliphatic rings. The number of aryl methyl sites for hydroxylation is 3. The van der Waals surface area contributed by atoms with Crippen LogP contribution in [0.4, 0.5) is 0 Å². The van der Waals surface area contributed by atoms with Gasteiger partial charge in [0.25, 0.3) is 0 Å². The lowest BCUT2D eigenvalue weighted by atomic mass is 10.0. The van der Waals surface area contributed by atoms with Gasteiger partial charge in [0.15, 0.2) is 13.2 Å². The van der Waals surface area contributed by atoms with Gasteiger partial charge >= 0.3 is 0 Å². The van der Waals surface area contributed by atoms with E-state index in [4.69, 9.17) is 0 Å². The molecule has 4 aromatic rings. The predicted octanol–water partition coefficient (Wildman–Crippen LogP) is 3.69. The minimum absolute atomic E-state index is 1.30. The minimum atomic E-state index is 1.30. The normalized spacial score (nSPS) is 11.8. The Hall–Kier alpha value is -2.35. The van der Waals surface area contributed by atoms with Gasteiger partial charge in [0.1, 0.15) is 11.0 Å². The molecule has 0 spiro atoms. The molecule has 0 amide bonds. The Labute approximate surface area is 117 Å². The van der Waals surface area contributed by atoms with Crippen LogP contribution in [0.5, 0.6) is 0 Å². The summed E-state index contributed by atoms with van der Waals surface area (Å²) in [7, 11) is 2.11. The molecule has 0 saturated heterocycles. The maximum absolute atomic E-state index is 2.34. The summed E-state index contributed by atoms with van der Waals surface area (Å²) >= 11 is 0. The van der Waals surface area contributed by atoms with E-state index in [1.165, 1.54) is 38.3 Å². The van der Waals surface area contributed by atoms with Gasteiger partial charge in [-0.25, -0.2) is 0 Å². The summed E-state index contributed by atoms with van der Waals surface area (Å²) in [6.45, 7) is 4.37. The van der Waals surface area contributed by atoms with Crippen LogP contribution in [0.25, 0.3) is 27.2 Å². The third-order valence-electron chi connectivity index (χ3n) is 4.20. The van der Waals surface area contributed by atoms with Crippen molar-refractivity contribution in [2.24, 2.45) is 7.05 Å². The zero-order valence-corrected chi connectivity index (χ0v) is 12.0. The first-order valence-corrected chi connectivity index (χ1v) is 6.96.